The van der Waals surface area contributed by atoms with Crippen LogP contribution in [-0.2, 0) is 9.53 Å². The van der Waals surface area contributed by atoms with Crippen LogP contribution in [0.4, 0.5) is 0 Å². The molecule has 0 unspecified atom stereocenters. The number of hydrogen-bond donors (Lipinski definition) is 0. The van der Waals surface area contributed by atoms with Crippen molar-refractivity contribution in [2.24, 2.45) is 5.92 Å². The zero-order valence-corrected chi connectivity index (χ0v) is 12.9. The minimum Gasteiger partial charge on any atom is -0.469 e. The van der Waals surface area contributed by atoms with E-state index in [0.29, 0.717) is 6.04 Å². The van der Waals surface area contributed by atoms with Crippen molar-refractivity contribution < 1.29 is 9.53 Å². The summed E-state index contributed by atoms with van der Waals surface area (Å²) in [6.45, 7) is 7.52. The first-order valence-electron chi connectivity index (χ1n) is 7.44. The Morgan fingerprint density at radius 1 is 1.30 bits per heavy atom. The van der Waals surface area contributed by atoms with E-state index in [9.17, 15) is 4.79 Å². The predicted octanol–water partition coefficient (Wildman–Crippen LogP) is 3.33. The molecule has 2 rings (SSSR count). The SMILES string of the molecule is COC(=O)[C@H]1CCCN(C(C)C)[C@@H]1c1ccc(C)cc1. The summed E-state index contributed by atoms with van der Waals surface area (Å²) in [7, 11) is 1.49. The number of piperidine rings is 1. The molecule has 0 spiro atoms. The molecule has 1 fully saturated rings. The molecule has 1 saturated heterocycles. The molecule has 0 amide bonds. The highest BCUT2D eigenvalue weighted by molar-refractivity contribution is 5.73. The number of likely N-dealkylation sites (tertiary alicyclic amines) is 1. The maximum Gasteiger partial charge on any atom is 0.310 e. The topological polar surface area (TPSA) is 29.5 Å². The van der Waals surface area contributed by atoms with E-state index in [-0.39, 0.29) is 17.9 Å². The first-order valence-corrected chi connectivity index (χ1v) is 7.44. The largest absolute Gasteiger partial charge is 0.469 e. The van der Waals surface area contributed by atoms with Crippen LogP contribution in [0.3, 0.4) is 0 Å². The van der Waals surface area contributed by atoms with Gasteiger partial charge in [0.05, 0.1) is 13.0 Å². The second-order valence-corrected chi connectivity index (χ2v) is 5.96. The highest BCUT2D eigenvalue weighted by Crippen LogP contribution is 2.38. The van der Waals surface area contributed by atoms with Gasteiger partial charge in [0, 0.05) is 12.1 Å². The average molecular weight is 275 g/mol. The number of methoxy groups -OCH3 is 1. The summed E-state index contributed by atoms with van der Waals surface area (Å²) < 4.78 is 5.03. The van der Waals surface area contributed by atoms with Crippen LogP contribution in [0.1, 0.15) is 43.9 Å². The van der Waals surface area contributed by atoms with Crippen LogP contribution < -0.4 is 0 Å². The van der Waals surface area contributed by atoms with Crippen LogP contribution in [0, 0.1) is 12.8 Å². The number of carbonyl (C=O) groups excluding carboxylic acids is 1. The van der Waals surface area contributed by atoms with Crippen LogP contribution in [0.2, 0.25) is 0 Å². The van der Waals surface area contributed by atoms with E-state index >= 15 is 0 Å². The van der Waals surface area contributed by atoms with Crippen LogP contribution in [0.25, 0.3) is 0 Å². The fourth-order valence-electron chi connectivity index (χ4n) is 3.19. The van der Waals surface area contributed by atoms with Crippen molar-refractivity contribution in [3.05, 3.63) is 35.4 Å². The molecule has 1 aromatic carbocycles. The lowest BCUT2D eigenvalue weighted by Gasteiger charge is -2.42. The first-order chi connectivity index (χ1) is 9.54. The standard InChI is InChI=1S/C17H25NO2/c1-12(2)18-11-5-6-15(17(19)20-4)16(18)14-9-7-13(3)8-10-14/h7-10,12,15-16H,5-6,11H2,1-4H3/t15-,16+/m0/s1. The summed E-state index contributed by atoms with van der Waals surface area (Å²) in [6, 6.07) is 9.10. The fourth-order valence-corrected chi connectivity index (χ4v) is 3.19. The zero-order valence-electron chi connectivity index (χ0n) is 12.9. The molecule has 1 aliphatic rings. The van der Waals surface area contributed by atoms with Gasteiger partial charge in [0.1, 0.15) is 0 Å². The molecule has 1 aliphatic heterocycles. The monoisotopic (exact) mass is 275 g/mol. The van der Waals surface area contributed by atoms with Crippen molar-refractivity contribution >= 4 is 5.97 Å². The Labute approximate surface area is 121 Å². The van der Waals surface area contributed by atoms with E-state index < -0.39 is 0 Å². The molecular formula is C17H25NO2. The molecule has 0 saturated carbocycles. The van der Waals surface area contributed by atoms with E-state index in [1.54, 1.807) is 0 Å². The van der Waals surface area contributed by atoms with Gasteiger partial charge in [-0.25, -0.2) is 0 Å². The number of nitrogens with zero attached hydrogens (tertiary/aromatic N) is 1. The van der Waals surface area contributed by atoms with E-state index in [0.717, 1.165) is 19.4 Å². The number of aryl methyl sites for hydroxylation is 1. The third kappa shape index (κ3) is 3.04. The molecule has 0 aromatic heterocycles. The van der Waals surface area contributed by atoms with Crippen molar-refractivity contribution in [3.63, 3.8) is 0 Å². The van der Waals surface area contributed by atoms with E-state index in [1.165, 1.54) is 18.2 Å². The van der Waals surface area contributed by atoms with Gasteiger partial charge >= 0.3 is 5.97 Å². The third-order valence-corrected chi connectivity index (χ3v) is 4.26. The minimum atomic E-state index is -0.0825. The van der Waals surface area contributed by atoms with E-state index in [1.807, 2.05) is 0 Å². The molecule has 0 aliphatic carbocycles. The molecule has 0 radical (unpaired) electrons. The number of rotatable bonds is 3. The van der Waals surface area contributed by atoms with Gasteiger partial charge in [0.15, 0.2) is 0 Å². The van der Waals surface area contributed by atoms with Crippen molar-refractivity contribution in [1.29, 1.82) is 0 Å². The van der Waals surface area contributed by atoms with Gasteiger partial charge in [-0.05, 0) is 45.7 Å². The maximum absolute atomic E-state index is 12.1. The minimum absolute atomic E-state index is 0.0566. The summed E-state index contributed by atoms with van der Waals surface area (Å²) in [6.07, 6.45) is 1.97. The molecule has 110 valence electrons. The van der Waals surface area contributed by atoms with Gasteiger partial charge in [0.25, 0.3) is 0 Å². The summed E-state index contributed by atoms with van der Waals surface area (Å²) in [5, 5.41) is 0. The summed E-state index contributed by atoms with van der Waals surface area (Å²) in [5.74, 6) is -0.139. The molecular weight excluding hydrogens is 250 g/mol. The van der Waals surface area contributed by atoms with E-state index in [4.69, 9.17) is 4.74 Å². The summed E-state index contributed by atoms with van der Waals surface area (Å²) in [5.41, 5.74) is 2.47. The van der Waals surface area contributed by atoms with Crippen molar-refractivity contribution in [2.75, 3.05) is 13.7 Å². The van der Waals surface area contributed by atoms with Crippen molar-refractivity contribution in [2.45, 2.75) is 45.7 Å². The Morgan fingerprint density at radius 3 is 2.50 bits per heavy atom. The molecule has 20 heavy (non-hydrogen) atoms. The highest BCUT2D eigenvalue weighted by atomic mass is 16.5. The average Bonchev–Trinajstić information content (AvgIpc) is 2.46. The Morgan fingerprint density at radius 2 is 1.95 bits per heavy atom. The fraction of sp³-hybridized carbons (Fsp3) is 0.588. The van der Waals surface area contributed by atoms with Gasteiger partial charge in [-0.3, -0.25) is 9.69 Å². The lowest BCUT2D eigenvalue weighted by atomic mass is 9.83. The predicted molar refractivity (Wildman–Crippen MR) is 80.5 cm³/mol. The van der Waals surface area contributed by atoms with Crippen molar-refractivity contribution in [1.82, 2.24) is 4.90 Å². The molecule has 3 heteroatoms. The second-order valence-electron chi connectivity index (χ2n) is 5.96. The summed E-state index contributed by atoms with van der Waals surface area (Å²) >= 11 is 0. The second kappa shape index (κ2) is 6.40. The number of benzene rings is 1. The van der Waals surface area contributed by atoms with Gasteiger partial charge in [-0.2, -0.15) is 0 Å². The first kappa shape index (κ1) is 15.0. The van der Waals surface area contributed by atoms with Crippen LogP contribution in [-0.4, -0.2) is 30.6 Å². The molecule has 0 N–H and O–H groups in total. The van der Waals surface area contributed by atoms with Crippen LogP contribution in [0.15, 0.2) is 24.3 Å². The zero-order chi connectivity index (χ0) is 14.7. The lowest BCUT2D eigenvalue weighted by molar-refractivity contribution is -0.150. The Kier molecular flexibility index (Phi) is 4.81. The smallest absolute Gasteiger partial charge is 0.310 e. The molecule has 1 aromatic rings. The lowest BCUT2D eigenvalue weighted by Crippen LogP contribution is -2.45. The molecule has 2 atom stereocenters. The normalized spacial score (nSPS) is 23.9. The number of hydrogen-bond acceptors (Lipinski definition) is 3. The number of carbonyl (C=O) groups is 1. The number of esters is 1. The van der Waals surface area contributed by atoms with Crippen LogP contribution in [0.5, 0.6) is 0 Å². The molecule has 1 heterocycles. The van der Waals surface area contributed by atoms with Crippen LogP contribution >= 0.6 is 0 Å². The maximum atomic E-state index is 12.1. The van der Waals surface area contributed by atoms with Gasteiger partial charge in [-0.1, -0.05) is 29.8 Å². The quantitative estimate of drug-likeness (QED) is 0.792. The Balaban J connectivity index is 2.36. The van der Waals surface area contributed by atoms with Crippen molar-refractivity contribution in [3.8, 4) is 0 Å². The van der Waals surface area contributed by atoms with E-state index in [2.05, 4.69) is 49.9 Å². The van der Waals surface area contributed by atoms with Gasteiger partial charge < -0.3 is 4.74 Å². The van der Waals surface area contributed by atoms with Gasteiger partial charge in [-0.15, -0.1) is 0 Å². The molecule has 0 bridgehead atoms. The van der Waals surface area contributed by atoms with Gasteiger partial charge in [0.2, 0.25) is 0 Å². The third-order valence-electron chi connectivity index (χ3n) is 4.26. The highest BCUT2D eigenvalue weighted by Gasteiger charge is 2.38. The Hall–Kier alpha value is -1.35. The number of ether oxygens (including phenoxy) is 1. The molecule has 3 nitrogen and oxygen atoms in total. The summed E-state index contributed by atoms with van der Waals surface area (Å²) in [4.78, 5) is 14.6. The Bertz CT molecular complexity index is 453.